The summed E-state index contributed by atoms with van der Waals surface area (Å²) < 4.78 is 0. The zero-order valence-corrected chi connectivity index (χ0v) is 17.2. The number of carbonyl (C=O) groups is 2. The lowest BCUT2D eigenvalue weighted by molar-refractivity contribution is -0.131. The summed E-state index contributed by atoms with van der Waals surface area (Å²) in [6, 6.07) is 15.3. The maximum atomic E-state index is 12.5. The van der Waals surface area contributed by atoms with Crippen LogP contribution in [0.4, 0.5) is 5.69 Å². The highest BCUT2D eigenvalue weighted by Gasteiger charge is 2.21. The van der Waals surface area contributed by atoms with Crippen molar-refractivity contribution in [3.63, 3.8) is 0 Å². The first-order valence-corrected chi connectivity index (χ1v) is 9.87. The lowest BCUT2D eigenvalue weighted by atomic mass is 10.1. The topological polar surface area (TPSA) is 43.9 Å². The van der Waals surface area contributed by atoms with Crippen molar-refractivity contribution in [3.05, 3.63) is 64.7 Å². The number of rotatable bonds is 6. The molecule has 0 aliphatic carbocycles. The fourth-order valence-electron chi connectivity index (χ4n) is 3.33. The van der Waals surface area contributed by atoms with Crippen LogP contribution >= 0.6 is 11.6 Å². The van der Waals surface area contributed by atoms with Crippen LogP contribution in [0.2, 0.25) is 5.02 Å². The number of carbonyl (C=O) groups excluding carboxylic acids is 2. The van der Waals surface area contributed by atoms with Gasteiger partial charge in [0.25, 0.3) is 0 Å². The van der Waals surface area contributed by atoms with E-state index in [-0.39, 0.29) is 11.7 Å². The Balaban J connectivity index is 1.47. The molecule has 0 saturated carbocycles. The van der Waals surface area contributed by atoms with Crippen LogP contribution in [0.3, 0.4) is 0 Å². The predicted octanol–water partition coefficient (Wildman–Crippen LogP) is 3.32. The van der Waals surface area contributed by atoms with Crippen LogP contribution < -0.4 is 4.90 Å². The summed E-state index contributed by atoms with van der Waals surface area (Å²) in [6.45, 7) is 6.01. The minimum absolute atomic E-state index is 0.0811. The molecule has 3 rings (SSSR count). The maximum Gasteiger partial charge on any atom is 0.236 e. The zero-order chi connectivity index (χ0) is 20.1. The second-order valence-corrected chi connectivity index (χ2v) is 7.68. The number of piperazine rings is 1. The molecule has 0 N–H and O–H groups in total. The Hall–Kier alpha value is -2.37. The van der Waals surface area contributed by atoms with Crippen molar-refractivity contribution >= 4 is 29.0 Å². The quantitative estimate of drug-likeness (QED) is 0.699. The largest absolute Gasteiger partial charge is 0.369 e. The number of benzene rings is 2. The smallest absolute Gasteiger partial charge is 0.236 e. The molecular formula is C22H26ClN3O2. The van der Waals surface area contributed by atoms with Gasteiger partial charge in [-0.15, -0.1) is 0 Å². The van der Waals surface area contributed by atoms with Gasteiger partial charge >= 0.3 is 0 Å². The number of hydrogen-bond acceptors (Lipinski definition) is 4. The first-order valence-electron chi connectivity index (χ1n) is 9.49. The second-order valence-electron chi connectivity index (χ2n) is 7.24. The Morgan fingerprint density at radius 2 is 1.57 bits per heavy atom. The van der Waals surface area contributed by atoms with Gasteiger partial charge in [-0.05, 0) is 48.9 Å². The van der Waals surface area contributed by atoms with Crippen LogP contribution in [0.1, 0.15) is 22.8 Å². The third-order valence-electron chi connectivity index (χ3n) is 5.13. The lowest BCUT2D eigenvalue weighted by Gasteiger charge is -2.36. The van der Waals surface area contributed by atoms with E-state index in [0.717, 1.165) is 43.0 Å². The molecule has 2 aromatic carbocycles. The SMILES string of the molecule is CC(=O)c1ccc(N2CCN(CC(=O)N(C)Cc3ccc(Cl)cc3)CC2)cc1. The average molecular weight is 400 g/mol. The van der Waals surface area contributed by atoms with Gasteiger partial charge in [0.15, 0.2) is 5.78 Å². The Labute approximate surface area is 171 Å². The average Bonchev–Trinajstić information content (AvgIpc) is 2.70. The number of Topliss-reactive ketones (excluding diaryl/α,β-unsaturated/α-hetero) is 1. The van der Waals surface area contributed by atoms with Gasteiger partial charge in [-0.1, -0.05) is 23.7 Å². The summed E-state index contributed by atoms with van der Waals surface area (Å²) in [4.78, 5) is 30.2. The van der Waals surface area contributed by atoms with E-state index < -0.39 is 0 Å². The molecule has 1 aliphatic heterocycles. The summed E-state index contributed by atoms with van der Waals surface area (Å²) >= 11 is 5.91. The van der Waals surface area contributed by atoms with Gasteiger partial charge < -0.3 is 9.80 Å². The molecule has 1 heterocycles. The van der Waals surface area contributed by atoms with Gasteiger partial charge in [-0.3, -0.25) is 14.5 Å². The van der Waals surface area contributed by atoms with Crippen molar-refractivity contribution in [2.24, 2.45) is 0 Å². The molecule has 0 spiro atoms. The van der Waals surface area contributed by atoms with Crippen molar-refractivity contribution in [1.82, 2.24) is 9.80 Å². The second kappa shape index (κ2) is 9.22. The molecule has 1 fully saturated rings. The number of nitrogens with zero attached hydrogens (tertiary/aromatic N) is 3. The van der Waals surface area contributed by atoms with Crippen molar-refractivity contribution in [3.8, 4) is 0 Å². The van der Waals surface area contributed by atoms with E-state index in [1.807, 2.05) is 55.6 Å². The lowest BCUT2D eigenvalue weighted by Crippen LogP contribution is -2.49. The molecule has 0 atom stereocenters. The molecule has 6 heteroatoms. The van der Waals surface area contributed by atoms with Gasteiger partial charge in [-0.2, -0.15) is 0 Å². The summed E-state index contributed by atoms with van der Waals surface area (Å²) in [7, 11) is 1.84. The highest BCUT2D eigenvalue weighted by atomic mass is 35.5. The van der Waals surface area contributed by atoms with Gasteiger partial charge in [0, 0.05) is 56.0 Å². The van der Waals surface area contributed by atoms with E-state index in [4.69, 9.17) is 11.6 Å². The summed E-state index contributed by atoms with van der Waals surface area (Å²) in [5.74, 6) is 0.201. The fourth-order valence-corrected chi connectivity index (χ4v) is 3.46. The Bertz CT molecular complexity index is 813. The first kappa shape index (κ1) is 20.4. The normalized spacial score (nSPS) is 14.8. The molecule has 28 heavy (non-hydrogen) atoms. The summed E-state index contributed by atoms with van der Waals surface area (Å²) in [6.07, 6.45) is 0. The monoisotopic (exact) mass is 399 g/mol. The Morgan fingerprint density at radius 1 is 0.964 bits per heavy atom. The minimum atomic E-state index is 0.0811. The number of likely N-dealkylation sites (N-methyl/N-ethyl adjacent to an activating group) is 1. The highest BCUT2D eigenvalue weighted by Crippen LogP contribution is 2.18. The van der Waals surface area contributed by atoms with Gasteiger partial charge in [-0.25, -0.2) is 0 Å². The van der Waals surface area contributed by atoms with Crippen molar-refractivity contribution < 1.29 is 9.59 Å². The minimum Gasteiger partial charge on any atom is -0.369 e. The van der Waals surface area contributed by atoms with E-state index >= 15 is 0 Å². The van der Waals surface area contributed by atoms with E-state index in [1.165, 1.54) is 0 Å². The van der Waals surface area contributed by atoms with Gasteiger partial charge in [0.2, 0.25) is 5.91 Å². The van der Waals surface area contributed by atoms with Crippen molar-refractivity contribution in [2.45, 2.75) is 13.5 Å². The van der Waals surface area contributed by atoms with Crippen LogP contribution in [-0.2, 0) is 11.3 Å². The van der Waals surface area contributed by atoms with Crippen molar-refractivity contribution in [1.29, 1.82) is 0 Å². The fraction of sp³-hybridized carbons (Fsp3) is 0.364. The van der Waals surface area contributed by atoms with Crippen molar-refractivity contribution in [2.75, 3.05) is 44.7 Å². The Kier molecular flexibility index (Phi) is 6.70. The molecular weight excluding hydrogens is 374 g/mol. The van der Waals surface area contributed by atoms with Gasteiger partial charge in [0.1, 0.15) is 0 Å². The molecule has 0 radical (unpaired) electrons. The van der Waals surface area contributed by atoms with Crippen LogP contribution in [0.15, 0.2) is 48.5 Å². The van der Waals surface area contributed by atoms with Crippen LogP contribution in [0.25, 0.3) is 0 Å². The molecule has 2 aromatic rings. The van der Waals surface area contributed by atoms with E-state index in [0.29, 0.717) is 18.1 Å². The maximum absolute atomic E-state index is 12.5. The molecule has 148 valence electrons. The molecule has 1 saturated heterocycles. The van der Waals surface area contributed by atoms with E-state index in [2.05, 4.69) is 9.80 Å². The third kappa shape index (κ3) is 5.33. The summed E-state index contributed by atoms with van der Waals surface area (Å²) in [5, 5.41) is 0.700. The standard InChI is InChI=1S/C22H26ClN3O2/c1-17(27)19-5-9-21(10-6-19)26-13-11-25(12-14-26)16-22(28)24(2)15-18-3-7-20(23)8-4-18/h3-10H,11-16H2,1-2H3. The molecule has 0 unspecified atom stereocenters. The van der Waals surface area contributed by atoms with Crippen LogP contribution in [0.5, 0.6) is 0 Å². The molecule has 0 aromatic heterocycles. The van der Waals surface area contributed by atoms with E-state index in [1.54, 1.807) is 11.8 Å². The van der Waals surface area contributed by atoms with Crippen LogP contribution in [-0.4, -0.2) is 61.3 Å². The number of ketones is 1. The number of halogens is 1. The molecule has 1 amide bonds. The predicted molar refractivity (Wildman–Crippen MR) is 113 cm³/mol. The number of amides is 1. The number of anilines is 1. The van der Waals surface area contributed by atoms with E-state index in [9.17, 15) is 9.59 Å². The molecule has 0 bridgehead atoms. The first-order chi connectivity index (χ1) is 13.4. The molecule has 1 aliphatic rings. The Morgan fingerprint density at radius 3 is 2.14 bits per heavy atom. The van der Waals surface area contributed by atoms with Gasteiger partial charge in [0.05, 0.1) is 6.54 Å². The third-order valence-corrected chi connectivity index (χ3v) is 5.38. The van der Waals surface area contributed by atoms with Crippen LogP contribution in [0, 0.1) is 0 Å². The zero-order valence-electron chi connectivity index (χ0n) is 16.4. The number of hydrogen-bond donors (Lipinski definition) is 0. The highest BCUT2D eigenvalue weighted by molar-refractivity contribution is 6.30. The summed E-state index contributed by atoms with van der Waals surface area (Å²) in [5.41, 5.74) is 2.92. The molecule has 5 nitrogen and oxygen atoms in total.